The van der Waals surface area contributed by atoms with Crippen LogP contribution in [0, 0.1) is 0 Å². The number of aromatic nitrogens is 1. The highest BCUT2D eigenvalue weighted by Gasteiger charge is 2.22. The van der Waals surface area contributed by atoms with Gasteiger partial charge in [0.05, 0.1) is 0 Å². The highest BCUT2D eigenvalue weighted by molar-refractivity contribution is 9.10. The molecule has 1 N–H and O–H groups in total. The molecule has 0 atom stereocenters. The Morgan fingerprint density at radius 3 is 2.54 bits per heavy atom. The number of benzene rings is 2. The van der Waals surface area contributed by atoms with E-state index in [0.29, 0.717) is 5.92 Å². The van der Waals surface area contributed by atoms with Gasteiger partial charge in [0.25, 0.3) is 0 Å². The molecule has 0 unspecified atom stereocenters. The predicted molar refractivity (Wildman–Crippen MR) is 105 cm³/mol. The molecule has 0 aliphatic carbocycles. The van der Waals surface area contributed by atoms with Crippen molar-refractivity contribution in [2.75, 3.05) is 19.6 Å². The Kier molecular flexibility index (Phi) is 4.72. The van der Waals surface area contributed by atoms with E-state index in [4.69, 9.17) is 0 Å². The minimum Gasteiger partial charge on any atom is -0.361 e. The molecule has 0 spiro atoms. The number of aromatic amines is 1. The van der Waals surface area contributed by atoms with E-state index >= 15 is 0 Å². The number of halogens is 1. The third-order valence-corrected chi connectivity index (χ3v) is 5.81. The number of piperidine rings is 1. The minimum atomic E-state index is 0.699. The second-order valence-corrected chi connectivity index (χ2v) is 7.70. The van der Waals surface area contributed by atoms with Crippen LogP contribution in [0.4, 0.5) is 0 Å². The van der Waals surface area contributed by atoms with Crippen LogP contribution in [-0.4, -0.2) is 29.5 Å². The first-order valence-corrected chi connectivity index (χ1v) is 9.62. The van der Waals surface area contributed by atoms with E-state index in [1.165, 1.54) is 54.5 Å². The molecule has 0 saturated carbocycles. The van der Waals surface area contributed by atoms with Crippen LogP contribution < -0.4 is 0 Å². The summed E-state index contributed by atoms with van der Waals surface area (Å²) >= 11 is 3.50. The van der Waals surface area contributed by atoms with Gasteiger partial charge in [0, 0.05) is 28.1 Å². The van der Waals surface area contributed by atoms with Gasteiger partial charge in [-0.2, -0.15) is 0 Å². The summed E-state index contributed by atoms with van der Waals surface area (Å²) in [5.74, 6) is 0.699. The van der Waals surface area contributed by atoms with E-state index in [1.807, 2.05) is 0 Å². The van der Waals surface area contributed by atoms with Crippen molar-refractivity contribution in [1.29, 1.82) is 0 Å². The fourth-order valence-electron chi connectivity index (χ4n) is 3.84. The Morgan fingerprint density at radius 1 is 1.00 bits per heavy atom. The van der Waals surface area contributed by atoms with Crippen molar-refractivity contribution in [2.45, 2.75) is 25.2 Å². The van der Waals surface area contributed by atoms with Crippen molar-refractivity contribution in [2.24, 2.45) is 0 Å². The smallest absolute Gasteiger partial charge is 0.0456 e. The molecule has 3 aromatic rings. The number of para-hydroxylation sites is 1. The quantitative estimate of drug-likeness (QED) is 0.643. The van der Waals surface area contributed by atoms with Crippen molar-refractivity contribution in [1.82, 2.24) is 9.88 Å². The van der Waals surface area contributed by atoms with E-state index in [2.05, 4.69) is 80.5 Å². The number of hydrogen-bond donors (Lipinski definition) is 1. The maximum absolute atomic E-state index is 3.50. The summed E-state index contributed by atoms with van der Waals surface area (Å²) < 4.78 is 1.16. The highest BCUT2D eigenvalue weighted by atomic mass is 79.9. The lowest BCUT2D eigenvalue weighted by atomic mass is 9.89. The van der Waals surface area contributed by atoms with Gasteiger partial charge in [-0.15, -0.1) is 0 Å². The average molecular weight is 383 g/mol. The topological polar surface area (TPSA) is 19.0 Å². The Hall–Kier alpha value is -1.58. The van der Waals surface area contributed by atoms with Crippen LogP contribution in [0.15, 0.2) is 59.2 Å². The van der Waals surface area contributed by atoms with Gasteiger partial charge in [0.1, 0.15) is 0 Å². The molecule has 0 bridgehead atoms. The van der Waals surface area contributed by atoms with E-state index < -0.39 is 0 Å². The standard InChI is InChI=1S/C21H23BrN2/c22-18-7-5-16(6-8-18)9-12-24-13-10-17(11-14-24)20-15-23-21-4-2-1-3-19(20)21/h1-8,15,17,23H,9-14H2. The van der Waals surface area contributed by atoms with E-state index in [1.54, 1.807) is 0 Å². The Bertz CT molecular complexity index is 798. The first-order valence-electron chi connectivity index (χ1n) is 8.82. The molecule has 24 heavy (non-hydrogen) atoms. The fraction of sp³-hybridized carbons (Fsp3) is 0.333. The number of hydrogen-bond acceptors (Lipinski definition) is 1. The van der Waals surface area contributed by atoms with E-state index in [-0.39, 0.29) is 0 Å². The molecular weight excluding hydrogens is 360 g/mol. The molecule has 1 aliphatic heterocycles. The lowest BCUT2D eigenvalue weighted by Crippen LogP contribution is -2.34. The van der Waals surface area contributed by atoms with Gasteiger partial charge in [0.2, 0.25) is 0 Å². The summed E-state index contributed by atoms with van der Waals surface area (Å²) in [6.07, 6.45) is 5.90. The molecule has 0 radical (unpaired) electrons. The van der Waals surface area contributed by atoms with Gasteiger partial charge in [-0.3, -0.25) is 0 Å². The molecule has 2 nitrogen and oxygen atoms in total. The zero-order chi connectivity index (χ0) is 16.4. The van der Waals surface area contributed by atoms with Crippen molar-refractivity contribution < 1.29 is 0 Å². The normalized spacial score (nSPS) is 16.7. The number of nitrogens with zero attached hydrogens (tertiary/aromatic N) is 1. The summed E-state index contributed by atoms with van der Waals surface area (Å²) in [6.45, 7) is 3.59. The largest absolute Gasteiger partial charge is 0.361 e. The maximum atomic E-state index is 3.50. The molecular formula is C21H23BrN2. The molecule has 1 aliphatic rings. The number of nitrogens with one attached hydrogen (secondary N) is 1. The first-order chi connectivity index (χ1) is 11.8. The summed E-state index contributed by atoms with van der Waals surface area (Å²) in [4.78, 5) is 6.05. The van der Waals surface area contributed by atoms with Gasteiger partial charge < -0.3 is 9.88 Å². The molecule has 2 heterocycles. The van der Waals surface area contributed by atoms with Crippen molar-refractivity contribution in [3.8, 4) is 0 Å². The maximum Gasteiger partial charge on any atom is 0.0456 e. The van der Waals surface area contributed by atoms with Gasteiger partial charge in [-0.25, -0.2) is 0 Å². The molecule has 1 aromatic heterocycles. The van der Waals surface area contributed by atoms with Crippen LogP contribution in [0.5, 0.6) is 0 Å². The minimum absolute atomic E-state index is 0.699. The molecule has 2 aromatic carbocycles. The van der Waals surface area contributed by atoms with Crippen LogP contribution in [-0.2, 0) is 6.42 Å². The third-order valence-electron chi connectivity index (χ3n) is 5.28. The van der Waals surface area contributed by atoms with Crippen molar-refractivity contribution in [3.63, 3.8) is 0 Å². The Labute approximate surface area is 152 Å². The van der Waals surface area contributed by atoms with Crippen LogP contribution in [0.3, 0.4) is 0 Å². The first kappa shape index (κ1) is 15.9. The van der Waals surface area contributed by atoms with Gasteiger partial charge in [0.15, 0.2) is 0 Å². The number of rotatable bonds is 4. The van der Waals surface area contributed by atoms with Crippen LogP contribution in [0.1, 0.15) is 29.9 Å². The molecule has 4 rings (SSSR count). The highest BCUT2D eigenvalue weighted by Crippen LogP contribution is 2.33. The molecule has 124 valence electrons. The Morgan fingerprint density at radius 2 is 1.75 bits per heavy atom. The van der Waals surface area contributed by atoms with Crippen LogP contribution in [0.2, 0.25) is 0 Å². The van der Waals surface area contributed by atoms with E-state index in [9.17, 15) is 0 Å². The van der Waals surface area contributed by atoms with Crippen molar-refractivity contribution in [3.05, 3.63) is 70.3 Å². The molecule has 1 fully saturated rings. The summed E-state index contributed by atoms with van der Waals surface area (Å²) in [7, 11) is 0. The SMILES string of the molecule is Brc1ccc(CCN2CCC(c3c[nH]c4ccccc34)CC2)cc1. The van der Waals surface area contributed by atoms with Crippen molar-refractivity contribution >= 4 is 26.8 Å². The van der Waals surface area contributed by atoms with Gasteiger partial charge in [-0.1, -0.05) is 46.3 Å². The zero-order valence-corrected chi connectivity index (χ0v) is 15.4. The van der Waals surface area contributed by atoms with Crippen LogP contribution >= 0.6 is 15.9 Å². The zero-order valence-electron chi connectivity index (χ0n) is 13.8. The Balaban J connectivity index is 1.34. The lowest BCUT2D eigenvalue weighted by molar-refractivity contribution is 0.215. The third kappa shape index (κ3) is 3.42. The number of likely N-dealkylation sites (tertiary alicyclic amines) is 1. The summed E-state index contributed by atoms with van der Waals surface area (Å²) in [6, 6.07) is 17.4. The van der Waals surface area contributed by atoms with Crippen LogP contribution in [0.25, 0.3) is 10.9 Å². The monoisotopic (exact) mass is 382 g/mol. The predicted octanol–water partition coefficient (Wildman–Crippen LogP) is 5.35. The van der Waals surface area contributed by atoms with Gasteiger partial charge >= 0.3 is 0 Å². The second-order valence-electron chi connectivity index (χ2n) is 6.78. The molecule has 0 amide bonds. The summed E-state index contributed by atoms with van der Waals surface area (Å²) in [5, 5.41) is 1.41. The molecule has 1 saturated heterocycles. The fourth-order valence-corrected chi connectivity index (χ4v) is 4.10. The van der Waals surface area contributed by atoms with Gasteiger partial charge in [-0.05, 0) is 67.6 Å². The number of H-pyrrole nitrogens is 1. The second kappa shape index (κ2) is 7.12. The molecule has 3 heteroatoms. The van der Waals surface area contributed by atoms with E-state index in [0.717, 1.165) is 10.9 Å². The lowest BCUT2D eigenvalue weighted by Gasteiger charge is -2.32. The average Bonchev–Trinajstić information content (AvgIpc) is 3.06. The summed E-state index contributed by atoms with van der Waals surface area (Å²) in [5.41, 5.74) is 4.21. The number of fused-ring (bicyclic) bond motifs is 1.